The fourth-order valence-electron chi connectivity index (χ4n) is 2.75. The number of rotatable bonds is 5. The molecular weight excluding hydrogens is 332 g/mol. The third kappa shape index (κ3) is 3.71. The van der Waals surface area contributed by atoms with Crippen molar-refractivity contribution >= 4 is 0 Å². The summed E-state index contributed by atoms with van der Waals surface area (Å²) < 4.78 is 20.6. The number of aliphatic hydroxyl groups excluding tert-OH is 7. The molecule has 0 saturated carbocycles. The van der Waals surface area contributed by atoms with Crippen LogP contribution in [0.1, 0.15) is 0 Å². The van der Waals surface area contributed by atoms with E-state index in [-0.39, 0.29) is 0 Å². The van der Waals surface area contributed by atoms with Gasteiger partial charge < -0.3 is 54.7 Å². The molecule has 0 aromatic heterocycles. The third-order valence-electron chi connectivity index (χ3n) is 4.19. The third-order valence-corrected chi connectivity index (χ3v) is 4.19. The molecule has 2 heterocycles. The summed E-state index contributed by atoms with van der Waals surface area (Å²) in [4.78, 5) is 0. The molecule has 2 rings (SSSR count). The van der Waals surface area contributed by atoms with Gasteiger partial charge in [-0.15, -0.1) is 0 Å². The van der Waals surface area contributed by atoms with Crippen molar-refractivity contribution in [2.24, 2.45) is 0 Å². The molecule has 142 valence electrons. The van der Waals surface area contributed by atoms with Gasteiger partial charge in [-0.25, -0.2) is 0 Å². The maximum absolute atomic E-state index is 10.2. The normalized spacial score (nSPS) is 50.0. The summed E-state index contributed by atoms with van der Waals surface area (Å²) in [5, 5.41) is 68.0. The minimum Gasteiger partial charge on any atom is -0.394 e. The van der Waals surface area contributed by atoms with Gasteiger partial charge in [0, 0.05) is 7.11 Å². The van der Waals surface area contributed by atoms with Gasteiger partial charge in [-0.05, 0) is 0 Å². The van der Waals surface area contributed by atoms with Crippen LogP contribution in [0.3, 0.4) is 0 Å². The maximum Gasteiger partial charge on any atom is 0.187 e. The molecule has 11 heteroatoms. The first-order chi connectivity index (χ1) is 11.3. The van der Waals surface area contributed by atoms with Gasteiger partial charge in [0.1, 0.15) is 48.8 Å². The van der Waals surface area contributed by atoms with E-state index in [2.05, 4.69) is 0 Å². The Kier molecular flexibility index (Phi) is 6.87. The monoisotopic (exact) mass is 356 g/mol. The first-order valence-electron chi connectivity index (χ1n) is 7.46. The van der Waals surface area contributed by atoms with Crippen LogP contribution in [0.15, 0.2) is 0 Å². The predicted molar refractivity (Wildman–Crippen MR) is 73.4 cm³/mol. The van der Waals surface area contributed by atoms with Crippen molar-refractivity contribution in [2.45, 2.75) is 61.4 Å². The average Bonchev–Trinajstić information content (AvgIpc) is 2.59. The molecule has 10 atom stereocenters. The lowest BCUT2D eigenvalue weighted by Crippen LogP contribution is -2.64. The van der Waals surface area contributed by atoms with Crippen LogP contribution in [-0.2, 0) is 18.9 Å². The van der Waals surface area contributed by atoms with Gasteiger partial charge in [0.25, 0.3) is 0 Å². The zero-order valence-corrected chi connectivity index (χ0v) is 13.0. The lowest BCUT2D eigenvalue weighted by atomic mass is 9.97. The SMILES string of the molecule is CO[C@H]1O[C@@H](CO)[C@H](O[C@H]2O[C@H](CO)[C@@H](O)[C@@H](O)[C@@H]2O)[C@@H](O)[C@@H]1O. The van der Waals surface area contributed by atoms with Crippen LogP contribution in [0.5, 0.6) is 0 Å². The molecule has 11 nitrogen and oxygen atoms in total. The Morgan fingerprint density at radius 3 is 1.79 bits per heavy atom. The molecule has 0 radical (unpaired) electrons. The van der Waals surface area contributed by atoms with E-state index >= 15 is 0 Å². The smallest absolute Gasteiger partial charge is 0.187 e. The summed E-state index contributed by atoms with van der Waals surface area (Å²) in [6, 6.07) is 0. The van der Waals surface area contributed by atoms with Gasteiger partial charge in [0.2, 0.25) is 0 Å². The van der Waals surface area contributed by atoms with E-state index in [1.807, 2.05) is 0 Å². The molecule has 0 aromatic rings. The summed E-state index contributed by atoms with van der Waals surface area (Å²) in [6.07, 6.45) is -14.3. The fraction of sp³-hybridized carbons (Fsp3) is 1.00. The van der Waals surface area contributed by atoms with E-state index in [9.17, 15) is 30.6 Å². The molecule has 2 fully saturated rings. The summed E-state index contributed by atoms with van der Waals surface area (Å²) >= 11 is 0. The molecule has 2 aliphatic heterocycles. The van der Waals surface area contributed by atoms with Crippen molar-refractivity contribution in [3.8, 4) is 0 Å². The van der Waals surface area contributed by atoms with Gasteiger partial charge >= 0.3 is 0 Å². The van der Waals surface area contributed by atoms with E-state index in [0.29, 0.717) is 0 Å². The fourth-order valence-corrected chi connectivity index (χ4v) is 2.75. The summed E-state index contributed by atoms with van der Waals surface area (Å²) in [5.41, 5.74) is 0. The molecule has 0 aliphatic carbocycles. The lowest BCUT2D eigenvalue weighted by Gasteiger charge is -2.45. The molecule has 24 heavy (non-hydrogen) atoms. The molecular formula is C13H24O11. The average molecular weight is 356 g/mol. The van der Waals surface area contributed by atoms with E-state index in [1.165, 1.54) is 7.11 Å². The molecule has 2 saturated heterocycles. The van der Waals surface area contributed by atoms with Crippen molar-refractivity contribution in [1.82, 2.24) is 0 Å². The highest BCUT2D eigenvalue weighted by Gasteiger charge is 2.50. The minimum absolute atomic E-state index is 0.592. The topological polar surface area (TPSA) is 179 Å². The Bertz CT molecular complexity index is 392. The first kappa shape index (κ1) is 19.9. The van der Waals surface area contributed by atoms with Crippen LogP contribution in [0.4, 0.5) is 0 Å². The van der Waals surface area contributed by atoms with Gasteiger partial charge in [0.05, 0.1) is 13.2 Å². The van der Waals surface area contributed by atoms with Crippen molar-refractivity contribution in [3.63, 3.8) is 0 Å². The van der Waals surface area contributed by atoms with Gasteiger partial charge in [0.15, 0.2) is 12.6 Å². The highest BCUT2D eigenvalue weighted by Crippen LogP contribution is 2.29. The quantitative estimate of drug-likeness (QED) is 0.251. The molecule has 0 spiro atoms. The van der Waals surface area contributed by atoms with Gasteiger partial charge in [-0.1, -0.05) is 0 Å². The predicted octanol–water partition coefficient (Wildman–Crippen LogP) is -4.74. The van der Waals surface area contributed by atoms with Crippen molar-refractivity contribution in [3.05, 3.63) is 0 Å². The molecule has 0 aromatic carbocycles. The summed E-state index contributed by atoms with van der Waals surface area (Å²) in [5.74, 6) is 0. The van der Waals surface area contributed by atoms with E-state index in [0.717, 1.165) is 0 Å². The summed E-state index contributed by atoms with van der Waals surface area (Å²) in [6.45, 7) is -1.24. The molecule has 0 amide bonds. The molecule has 2 aliphatic rings. The second-order valence-electron chi connectivity index (χ2n) is 5.74. The molecule has 0 unspecified atom stereocenters. The number of hydrogen-bond donors (Lipinski definition) is 7. The van der Waals surface area contributed by atoms with E-state index < -0.39 is 74.6 Å². The van der Waals surface area contributed by atoms with Gasteiger partial charge in [-0.3, -0.25) is 0 Å². The zero-order chi connectivity index (χ0) is 18.0. The standard InChI is InChI=1S/C13H24O11/c1-21-12-10(20)8(18)11(5(3-15)23-12)24-13-9(19)7(17)6(16)4(2-14)22-13/h4-20H,2-3H2,1H3/t4-,5+,6-,7-,8+,9+,10+,11+,12+,13-/m1/s1. The highest BCUT2D eigenvalue weighted by atomic mass is 16.7. The maximum atomic E-state index is 10.2. The number of methoxy groups -OCH3 is 1. The van der Waals surface area contributed by atoms with Crippen molar-refractivity contribution in [2.75, 3.05) is 20.3 Å². The summed E-state index contributed by atoms with van der Waals surface area (Å²) in [7, 11) is 1.24. The molecule has 0 bridgehead atoms. The zero-order valence-electron chi connectivity index (χ0n) is 13.0. The van der Waals surface area contributed by atoms with E-state index in [1.54, 1.807) is 0 Å². The van der Waals surface area contributed by atoms with Crippen LogP contribution in [0, 0.1) is 0 Å². The van der Waals surface area contributed by atoms with Gasteiger partial charge in [-0.2, -0.15) is 0 Å². The van der Waals surface area contributed by atoms with Crippen LogP contribution >= 0.6 is 0 Å². The Hall–Kier alpha value is -0.440. The van der Waals surface area contributed by atoms with Crippen LogP contribution in [0.2, 0.25) is 0 Å². The van der Waals surface area contributed by atoms with E-state index in [4.69, 9.17) is 24.1 Å². The second kappa shape index (κ2) is 8.29. The minimum atomic E-state index is -1.69. The Balaban J connectivity index is 2.12. The Morgan fingerprint density at radius 2 is 1.25 bits per heavy atom. The number of hydrogen-bond acceptors (Lipinski definition) is 11. The first-order valence-corrected chi connectivity index (χ1v) is 7.46. The van der Waals surface area contributed by atoms with Crippen LogP contribution in [-0.4, -0.2) is 117 Å². The highest BCUT2D eigenvalue weighted by molar-refractivity contribution is 4.93. The molecule has 7 N–H and O–H groups in total. The van der Waals surface area contributed by atoms with Crippen molar-refractivity contribution in [1.29, 1.82) is 0 Å². The number of aliphatic hydroxyl groups is 7. The Morgan fingerprint density at radius 1 is 0.708 bits per heavy atom. The largest absolute Gasteiger partial charge is 0.394 e. The van der Waals surface area contributed by atoms with Crippen LogP contribution in [0.25, 0.3) is 0 Å². The number of ether oxygens (including phenoxy) is 4. The second-order valence-corrected chi connectivity index (χ2v) is 5.74. The Labute approximate surface area is 137 Å². The van der Waals surface area contributed by atoms with Crippen LogP contribution < -0.4 is 0 Å². The lowest BCUT2D eigenvalue weighted by molar-refractivity contribution is -0.357. The van der Waals surface area contributed by atoms with Crippen molar-refractivity contribution < 1.29 is 54.7 Å².